The Morgan fingerprint density at radius 3 is 2.52 bits per heavy atom. The zero-order chi connectivity index (χ0) is 16.4. The van der Waals surface area contributed by atoms with Crippen LogP contribution in [0.4, 0.5) is 0 Å². The largest absolute Gasteiger partial charge is 0.505 e. The maximum atomic E-state index is 11.8. The highest BCUT2D eigenvalue weighted by Crippen LogP contribution is 2.31. The Bertz CT molecular complexity index is 873. The predicted molar refractivity (Wildman–Crippen MR) is 88.7 cm³/mol. The van der Waals surface area contributed by atoms with Crippen LogP contribution >= 0.6 is 0 Å². The van der Waals surface area contributed by atoms with Crippen molar-refractivity contribution in [3.05, 3.63) is 71.0 Å². The number of ether oxygens (including phenoxy) is 1. The van der Waals surface area contributed by atoms with Gasteiger partial charge in [0, 0.05) is 16.5 Å². The van der Waals surface area contributed by atoms with Gasteiger partial charge in [0.25, 0.3) is 0 Å². The third-order valence-electron chi connectivity index (χ3n) is 3.86. The number of carbonyl (C=O) groups is 1. The van der Waals surface area contributed by atoms with Gasteiger partial charge >= 0.3 is 5.97 Å². The molecular formula is C19H17NO3. The second-order valence-corrected chi connectivity index (χ2v) is 5.43. The zero-order valence-corrected chi connectivity index (χ0v) is 13.0. The summed E-state index contributed by atoms with van der Waals surface area (Å²) in [5, 5.41) is 11.8. The van der Waals surface area contributed by atoms with Crippen molar-refractivity contribution >= 4 is 16.7 Å². The van der Waals surface area contributed by atoms with Gasteiger partial charge in [-0.15, -0.1) is 0 Å². The highest BCUT2D eigenvalue weighted by atomic mass is 16.5. The van der Waals surface area contributed by atoms with E-state index in [9.17, 15) is 9.90 Å². The number of aryl methyl sites for hydroxylation is 1. The average molecular weight is 307 g/mol. The quantitative estimate of drug-likeness (QED) is 0.751. The molecule has 0 spiro atoms. The molecule has 0 saturated carbocycles. The fourth-order valence-corrected chi connectivity index (χ4v) is 2.69. The van der Waals surface area contributed by atoms with E-state index in [1.165, 1.54) is 12.7 Å². The van der Waals surface area contributed by atoms with Crippen LogP contribution in [0.25, 0.3) is 10.8 Å². The van der Waals surface area contributed by atoms with Gasteiger partial charge in [0.2, 0.25) is 0 Å². The van der Waals surface area contributed by atoms with Crippen molar-refractivity contribution in [3.63, 3.8) is 0 Å². The van der Waals surface area contributed by atoms with Crippen LogP contribution in [-0.2, 0) is 11.2 Å². The predicted octanol–water partition coefficient (Wildman–Crippen LogP) is 3.63. The maximum Gasteiger partial charge on any atom is 0.360 e. The van der Waals surface area contributed by atoms with Gasteiger partial charge in [0.05, 0.1) is 7.11 Å². The molecule has 0 saturated heterocycles. The molecule has 3 aromatic rings. The number of rotatable bonds is 3. The van der Waals surface area contributed by atoms with Gasteiger partial charge in [-0.1, -0.05) is 42.5 Å². The molecule has 3 rings (SSSR count). The lowest BCUT2D eigenvalue weighted by atomic mass is 10.00. The van der Waals surface area contributed by atoms with E-state index in [4.69, 9.17) is 0 Å². The molecule has 0 radical (unpaired) electrons. The summed E-state index contributed by atoms with van der Waals surface area (Å²) in [6.45, 7) is 1.81. The van der Waals surface area contributed by atoms with Crippen LogP contribution in [0, 0.1) is 6.92 Å². The molecule has 0 aliphatic carbocycles. The van der Waals surface area contributed by atoms with Crippen LogP contribution in [-0.4, -0.2) is 23.2 Å². The molecule has 4 nitrogen and oxygen atoms in total. The Kier molecular flexibility index (Phi) is 3.98. The summed E-state index contributed by atoms with van der Waals surface area (Å²) in [6, 6.07) is 15.9. The van der Waals surface area contributed by atoms with Gasteiger partial charge in [0.1, 0.15) is 0 Å². The minimum absolute atomic E-state index is 0.0469. The fraction of sp³-hybridized carbons (Fsp3) is 0.158. The number of pyridine rings is 1. The molecule has 0 bridgehead atoms. The minimum atomic E-state index is -0.638. The van der Waals surface area contributed by atoms with Crippen LogP contribution < -0.4 is 0 Å². The fourth-order valence-electron chi connectivity index (χ4n) is 2.69. The summed E-state index contributed by atoms with van der Waals surface area (Å²) >= 11 is 0. The standard InChI is InChI=1S/C19H17NO3/c1-12-15-9-8-14(10-13-6-4-3-5-7-13)11-16(15)18(21)17(20-12)19(22)23-2/h3-9,11,21H,10H2,1-2H3. The minimum Gasteiger partial charge on any atom is -0.505 e. The van der Waals surface area contributed by atoms with E-state index in [1.54, 1.807) is 0 Å². The molecule has 0 fully saturated rings. The average Bonchev–Trinajstić information content (AvgIpc) is 2.58. The Balaban J connectivity index is 2.10. The van der Waals surface area contributed by atoms with Gasteiger partial charge in [-0.25, -0.2) is 9.78 Å². The highest BCUT2D eigenvalue weighted by molar-refractivity contribution is 6.00. The van der Waals surface area contributed by atoms with Crippen LogP contribution in [0.2, 0.25) is 0 Å². The second kappa shape index (κ2) is 6.08. The number of carbonyl (C=O) groups excluding carboxylic acids is 1. The smallest absolute Gasteiger partial charge is 0.360 e. The van der Waals surface area contributed by atoms with E-state index in [2.05, 4.69) is 21.9 Å². The van der Waals surface area contributed by atoms with Crippen molar-refractivity contribution < 1.29 is 14.6 Å². The zero-order valence-electron chi connectivity index (χ0n) is 13.0. The molecule has 0 aliphatic rings. The maximum absolute atomic E-state index is 11.8. The van der Waals surface area contributed by atoms with Crippen molar-refractivity contribution in [3.8, 4) is 5.75 Å². The van der Waals surface area contributed by atoms with Crippen LogP contribution in [0.1, 0.15) is 27.3 Å². The van der Waals surface area contributed by atoms with E-state index in [1.807, 2.05) is 43.3 Å². The first-order valence-electron chi connectivity index (χ1n) is 7.34. The van der Waals surface area contributed by atoms with Gasteiger partial charge in [-0.2, -0.15) is 0 Å². The third-order valence-corrected chi connectivity index (χ3v) is 3.86. The summed E-state index contributed by atoms with van der Waals surface area (Å²) in [4.78, 5) is 15.9. The monoisotopic (exact) mass is 307 g/mol. The number of hydrogen-bond acceptors (Lipinski definition) is 4. The van der Waals surface area contributed by atoms with Crippen molar-refractivity contribution in [2.45, 2.75) is 13.3 Å². The molecule has 0 atom stereocenters. The van der Waals surface area contributed by atoms with Gasteiger partial charge < -0.3 is 9.84 Å². The Labute approximate surface area is 134 Å². The Morgan fingerprint density at radius 1 is 1.09 bits per heavy atom. The SMILES string of the molecule is COC(=O)c1nc(C)c2ccc(Cc3ccccc3)cc2c1O. The first kappa shape index (κ1) is 15.0. The molecular weight excluding hydrogens is 290 g/mol. The lowest BCUT2D eigenvalue weighted by Gasteiger charge is -2.10. The lowest BCUT2D eigenvalue weighted by molar-refractivity contribution is 0.0590. The third kappa shape index (κ3) is 2.88. The van der Waals surface area contributed by atoms with E-state index in [0.717, 1.165) is 17.4 Å². The van der Waals surface area contributed by atoms with Gasteiger partial charge in [-0.3, -0.25) is 0 Å². The summed E-state index contributed by atoms with van der Waals surface area (Å²) in [5.74, 6) is -0.770. The summed E-state index contributed by atoms with van der Waals surface area (Å²) < 4.78 is 4.69. The van der Waals surface area contributed by atoms with E-state index in [0.29, 0.717) is 11.1 Å². The number of aromatic nitrogens is 1. The van der Waals surface area contributed by atoms with Crippen molar-refractivity contribution in [2.75, 3.05) is 7.11 Å². The molecule has 1 aromatic heterocycles. The molecule has 4 heteroatoms. The molecule has 0 amide bonds. The van der Waals surface area contributed by atoms with E-state index in [-0.39, 0.29) is 11.4 Å². The van der Waals surface area contributed by atoms with Crippen LogP contribution in [0.3, 0.4) is 0 Å². The first-order valence-corrected chi connectivity index (χ1v) is 7.34. The molecule has 23 heavy (non-hydrogen) atoms. The van der Waals surface area contributed by atoms with Crippen molar-refractivity contribution in [1.82, 2.24) is 4.98 Å². The number of methoxy groups -OCH3 is 1. The molecule has 0 aliphatic heterocycles. The normalized spacial score (nSPS) is 10.7. The number of aromatic hydroxyl groups is 1. The second-order valence-electron chi connectivity index (χ2n) is 5.43. The van der Waals surface area contributed by atoms with Crippen molar-refractivity contribution in [1.29, 1.82) is 0 Å². The highest BCUT2D eigenvalue weighted by Gasteiger charge is 2.18. The number of hydrogen-bond donors (Lipinski definition) is 1. The first-order chi connectivity index (χ1) is 11.1. The lowest BCUT2D eigenvalue weighted by Crippen LogP contribution is -2.06. The number of fused-ring (bicyclic) bond motifs is 1. The van der Waals surface area contributed by atoms with Crippen molar-refractivity contribution in [2.24, 2.45) is 0 Å². The molecule has 116 valence electrons. The summed E-state index contributed by atoms with van der Waals surface area (Å²) in [7, 11) is 1.27. The molecule has 0 unspecified atom stereocenters. The van der Waals surface area contributed by atoms with E-state index < -0.39 is 5.97 Å². The van der Waals surface area contributed by atoms with Gasteiger partial charge in [0.15, 0.2) is 11.4 Å². The number of benzene rings is 2. The van der Waals surface area contributed by atoms with Gasteiger partial charge in [-0.05, 0) is 30.5 Å². The topological polar surface area (TPSA) is 59.4 Å². The van der Waals surface area contributed by atoms with Crippen LogP contribution in [0.5, 0.6) is 5.75 Å². The molecule has 2 aromatic carbocycles. The Morgan fingerprint density at radius 2 is 1.83 bits per heavy atom. The summed E-state index contributed by atoms with van der Waals surface area (Å²) in [5.41, 5.74) is 2.88. The number of esters is 1. The van der Waals surface area contributed by atoms with E-state index >= 15 is 0 Å². The Hall–Kier alpha value is -2.88. The molecule has 1 N–H and O–H groups in total. The summed E-state index contributed by atoms with van der Waals surface area (Å²) in [6.07, 6.45) is 0.755. The van der Waals surface area contributed by atoms with Crippen LogP contribution in [0.15, 0.2) is 48.5 Å². The molecule has 1 heterocycles. The number of nitrogens with zero attached hydrogens (tertiary/aromatic N) is 1.